The topological polar surface area (TPSA) is 61.1 Å². The van der Waals surface area contributed by atoms with Gasteiger partial charge >= 0.3 is 0 Å². The summed E-state index contributed by atoms with van der Waals surface area (Å²) < 4.78 is 1.87. The summed E-state index contributed by atoms with van der Waals surface area (Å²) in [7, 11) is 1.88. The van der Waals surface area contributed by atoms with Crippen molar-refractivity contribution < 1.29 is 4.79 Å². The molecule has 2 aromatic rings. The molecule has 0 radical (unpaired) electrons. The van der Waals surface area contributed by atoms with Crippen LogP contribution in [0.25, 0.3) is 0 Å². The first-order valence-electron chi connectivity index (χ1n) is 8.17. The van der Waals surface area contributed by atoms with E-state index in [9.17, 15) is 10.1 Å². The van der Waals surface area contributed by atoms with Crippen LogP contribution in [0.3, 0.4) is 0 Å². The summed E-state index contributed by atoms with van der Waals surface area (Å²) >= 11 is 0. The number of hydrogen-bond donors (Lipinski definition) is 1. The van der Waals surface area contributed by atoms with Gasteiger partial charge in [-0.2, -0.15) is 5.26 Å². The number of anilines is 1. The fourth-order valence-electron chi connectivity index (χ4n) is 3.23. The number of carbonyl (C=O) groups is 1. The number of rotatable bonds is 3. The van der Waals surface area contributed by atoms with E-state index in [1.54, 1.807) is 0 Å². The van der Waals surface area contributed by atoms with E-state index < -0.39 is 0 Å². The van der Waals surface area contributed by atoms with Crippen LogP contribution in [0, 0.1) is 24.2 Å². The Bertz CT molecular complexity index is 828. The molecule has 1 N–H and O–H groups in total. The molecule has 1 atom stereocenters. The minimum absolute atomic E-state index is 0.0322. The van der Waals surface area contributed by atoms with Crippen molar-refractivity contribution in [3.8, 4) is 6.07 Å². The van der Waals surface area contributed by atoms with Crippen LogP contribution in [-0.4, -0.2) is 21.9 Å². The summed E-state index contributed by atoms with van der Waals surface area (Å²) in [6.07, 6.45) is -0.261. The molecule has 0 saturated heterocycles. The molecule has 0 aliphatic carbocycles. The summed E-state index contributed by atoms with van der Waals surface area (Å²) in [6, 6.07) is 11.7. The van der Waals surface area contributed by atoms with Gasteiger partial charge in [0.2, 0.25) is 0 Å². The minimum atomic E-state index is -0.261. The van der Waals surface area contributed by atoms with E-state index in [-0.39, 0.29) is 12.1 Å². The Balaban J connectivity index is 2.11. The van der Waals surface area contributed by atoms with Gasteiger partial charge in [-0.1, -0.05) is 26.0 Å². The predicted octanol–water partition coefficient (Wildman–Crippen LogP) is 3.43. The molecule has 0 unspecified atom stereocenters. The number of amides is 1. The zero-order valence-electron chi connectivity index (χ0n) is 14.5. The molecule has 124 valence electrons. The Labute approximate surface area is 142 Å². The van der Waals surface area contributed by atoms with E-state index in [4.69, 9.17) is 0 Å². The van der Waals surface area contributed by atoms with Crippen LogP contribution in [0.15, 0.2) is 30.3 Å². The highest BCUT2D eigenvalue weighted by Crippen LogP contribution is 2.35. The Morgan fingerprint density at radius 1 is 1.33 bits per heavy atom. The lowest BCUT2D eigenvalue weighted by Gasteiger charge is -2.39. The number of benzene rings is 1. The zero-order valence-corrected chi connectivity index (χ0v) is 14.5. The number of nitrogens with one attached hydrogen (secondary N) is 1. The molecule has 1 aromatic carbocycles. The molecule has 0 fully saturated rings. The van der Waals surface area contributed by atoms with Crippen LogP contribution in [0.4, 0.5) is 5.69 Å². The lowest BCUT2D eigenvalue weighted by molar-refractivity contribution is 0.0657. The standard InChI is InChI=1S/C19H22N4O/c1-12(2)11-23-18(16-9-14(10-20)22(4)13(16)3)21-17-8-6-5-7-15(17)19(23)24/h5-9,12,18,21H,11H2,1-4H3/t18-/m1/s1. The molecule has 1 aliphatic rings. The highest BCUT2D eigenvalue weighted by atomic mass is 16.2. The molecule has 5 nitrogen and oxygen atoms in total. The van der Waals surface area contributed by atoms with Gasteiger partial charge in [-0.25, -0.2) is 0 Å². The molecule has 1 aliphatic heterocycles. The maximum atomic E-state index is 13.0. The molecular formula is C19H22N4O. The van der Waals surface area contributed by atoms with Gasteiger partial charge in [-0.3, -0.25) is 4.79 Å². The van der Waals surface area contributed by atoms with Gasteiger partial charge in [0.05, 0.1) is 5.56 Å². The molecular weight excluding hydrogens is 300 g/mol. The average molecular weight is 322 g/mol. The predicted molar refractivity (Wildman–Crippen MR) is 93.5 cm³/mol. The van der Waals surface area contributed by atoms with Crippen molar-refractivity contribution in [3.63, 3.8) is 0 Å². The maximum Gasteiger partial charge on any atom is 0.257 e. The third-order valence-corrected chi connectivity index (χ3v) is 4.57. The molecule has 3 rings (SSSR count). The number of aromatic nitrogens is 1. The summed E-state index contributed by atoms with van der Waals surface area (Å²) in [5, 5.41) is 12.8. The highest BCUT2D eigenvalue weighted by Gasteiger charge is 2.34. The van der Waals surface area contributed by atoms with Gasteiger partial charge in [0, 0.05) is 30.5 Å². The first-order chi connectivity index (χ1) is 11.4. The zero-order chi connectivity index (χ0) is 17.4. The molecule has 0 saturated carbocycles. The Morgan fingerprint density at radius 2 is 2.04 bits per heavy atom. The molecule has 24 heavy (non-hydrogen) atoms. The average Bonchev–Trinajstić information content (AvgIpc) is 2.85. The second kappa shape index (κ2) is 6.04. The summed E-state index contributed by atoms with van der Waals surface area (Å²) in [5.74, 6) is 0.382. The molecule has 0 bridgehead atoms. The van der Waals surface area contributed by atoms with Crippen LogP contribution in [0.1, 0.15) is 47.3 Å². The Kier molecular flexibility index (Phi) is 4.06. The van der Waals surface area contributed by atoms with Crippen LogP contribution in [0.2, 0.25) is 0 Å². The summed E-state index contributed by atoms with van der Waals surface area (Å²) in [4.78, 5) is 14.9. The Hall–Kier alpha value is -2.74. The largest absolute Gasteiger partial charge is 0.361 e. The van der Waals surface area contributed by atoms with Gasteiger partial charge in [0.15, 0.2) is 0 Å². The van der Waals surface area contributed by atoms with E-state index in [1.165, 1.54) is 0 Å². The second-order valence-electron chi connectivity index (χ2n) is 6.68. The number of nitriles is 1. The van der Waals surface area contributed by atoms with Crippen LogP contribution in [0.5, 0.6) is 0 Å². The van der Waals surface area contributed by atoms with Gasteiger partial charge in [0.25, 0.3) is 5.91 Å². The maximum absolute atomic E-state index is 13.0. The van der Waals surface area contributed by atoms with Gasteiger partial charge in [0.1, 0.15) is 17.9 Å². The third kappa shape index (κ3) is 2.54. The third-order valence-electron chi connectivity index (χ3n) is 4.57. The SMILES string of the molecule is Cc1c([C@@H]2Nc3ccccc3C(=O)N2CC(C)C)cc(C#N)n1C. The van der Waals surface area contributed by atoms with E-state index in [0.717, 1.165) is 16.9 Å². The second-order valence-corrected chi connectivity index (χ2v) is 6.68. The quantitative estimate of drug-likeness (QED) is 0.942. The van der Waals surface area contributed by atoms with E-state index in [1.807, 2.05) is 53.8 Å². The molecule has 1 aromatic heterocycles. The minimum Gasteiger partial charge on any atom is -0.361 e. The number of hydrogen-bond acceptors (Lipinski definition) is 3. The lowest BCUT2D eigenvalue weighted by atomic mass is 10.0. The van der Waals surface area contributed by atoms with Gasteiger partial charge in [-0.05, 0) is 31.0 Å². The first-order valence-corrected chi connectivity index (χ1v) is 8.17. The van der Waals surface area contributed by atoms with Crippen LogP contribution >= 0.6 is 0 Å². The fraction of sp³-hybridized carbons (Fsp3) is 0.368. The van der Waals surface area contributed by atoms with Crippen LogP contribution < -0.4 is 5.32 Å². The molecule has 1 amide bonds. The molecule has 0 spiro atoms. The van der Waals surface area contributed by atoms with Crippen LogP contribution in [-0.2, 0) is 7.05 Å². The Morgan fingerprint density at radius 3 is 2.67 bits per heavy atom. The van der Waals surface area contributed by atoms with Gasteiger partial charge in [-0.15, -0.1) is 0 Å². The van der Waals surface area contributed by atoms with Crippen molar-refractivity contribution in [2.24, 2.45) is 13.0 Å². The van der Waals surface area contributed by atoms with E-state index >= 15 is 0 Å². The number of nitrogens with zero attached hydrogens (tertiary/aromatic N) is 3. The van der Waals surface area contributed by atoms with Crippen molar-refractivity contribution in [3.05, 3.63) is 52.8 Å². The molecule has 5 heteroatoms. The van der Waals surface area contributed by atoms with Gasteiger partial charge < -0.3 is 14.8 Å². The number of para-hydroxylation sites is 1. The normalized spacial score (nSPS) is 16.8. The summed E-state index contributed by atoms with van der Waals surface area (Å²) in [6.45, 7) is 6.84. The fourth-order valence-corrected chi connectivity index (χ4v) is 3.23. The van der Waals surface area contributed by atoms with Crippen molar-refractivity contribution in [1.29, 1.82) is 5.26 Å². The summed E-state index contributed by atoms with van der Waals surface area (Å²) in [5.41, 5.74) is 4.10. The number of carbonyl (C=O) groups excluding carboxylic acids is 1. The first kappa shape index (κ1) is 16.1. The van der Waals surface area contributed by atoms with Crippen molar-refractivity contribution in [2.45, 2.75) is 26.9 Å². The van der Waals surface area contributed by atoms with Crippen molar-refractivity contribution in [1.82, 2.24) is 9.47 Å². The number of fused-ring (bicyclic) bond motifs is 1. The lowest BCUT2D eigenvalue weighted by Crippen LogP contribution is -2.44. The monoisotopic (exact) mass is 322 g/mol. The van der Waals surface area contributed by atoms with Crippen molar-refractivity contribution in [2.75, 3.05) is 11.9 Å². The molecule has 2 heterocycles. The highest BCUT2D eigenvalue weighted by molar-refractivity contribution is 6.01. The van der Waals surface area contributed by atoms with E-state index in [0.29, 0.717) is 23.7 Å². The van der Waals surface area contributed by atoms with Crippen molar-refractivity contribution >= 4 is 11.6 Å². The smallest absolute Gasteiger partial charge is 0.257 e. The van der Waals surface area contributed by atoms with E-state index in [2.05, 4.69) is 25.2 Å².